The first-order chi connectivity index (χ1) is 16.0. The molecule has 1 N–H and O–H groups in total. The van der Waals surface area contributed by atoms with Crippen molar-refractivity contribution in [2.24, 2.45) is 0 Å². The minimum Gasteiger partial charge on any atom is -0.462 e. The number of ether oxygens (including phenoxy) is 1. The van der Waals surface area contributed by atoms with Crippen LogP contribution in [0.4, 0.5) is 11.4 Å². The van der Waals surface area contributed by atoms with Gasteiger partial charge in [0.1, 0.15) is 0 Å². The second kappa shape index (κ2) is 9.48. The normalized spacial score (nSPS) is 12.5. The Bertz CT molecular complexity index is 1200. The number of imide groups is 1. The third-order valence-electron chi connectivity index (χ3n) is 5.27. The molecule has 0 spiro atoms. The van der Waals surface area contributed by atoms with Crippen molar-refractivity contribution >= 4 is 35.1 Å². The molecule has 7 heteroatoms. The Morgan fingerprint density at radius 3 is 2.15 bits per heavy atom. The largest absolute Gasteiger partial charge is 0.462 e. The van der Waals surface area contributed by atoms with E-state index in [2.05, 4.69) is 5.32 Å². The Hall–Kier alpha value is -4.26. The molecule has 0 atom stereocenters. The second-order valence-corrected chi connectivity index (χ2v) is 7.56. The molecule has 0 saturated carbocycles. The SMILES string of the molecule is CCCCOC(=O)c1ccc(NC(=O)c2cccc(N3C(=O)c4ccccc4C3=O)c2)cc1. The first-order valence-corrected chi connectivity index (χ1v) is 10.7. The molecule has 166 valence electrons. The van der Waals surface area contributed by atoms with Crippen molar-refractivity contribution in [1.29, 1.82) is 0 Å². The number of anilines is 2. The Kier molecular flexibility index (Phi) is 6.31. The molecule has 0 unspecified atom stereocenters. The fourth-order valence-electron chi connectivity index (χ4n) is 3.50. The molecule has 33 heavy (non-hydrogen) atoms. The van der Waals surface area contributed by atoms with Gasteiger partial charge in [-0.2, -0.15) is 0 Å². The lowest BCUT2D eigenvalue weighted by Crippen LogP contribution is -2.29. The average molecular weight is 442 g/mol. The van der Waals surface area contributed by atoms with E-state index in [1.54, 1.807) is 66.7 Å². The van der Waals surface area contributed by atoms with Gasteiger partial charge in [-0.05, 0) is 61.0 Å². The minimum atomic E-state index is -0.422. The lowest BCUT2D eigenvalue weighted by Gasteiger charge is -2.15. The zero-order valence-electron chi connectivity index (χ0n) is 18.0. The highest BCUT2D eigenvalue weighted by Gasteiger charge is 2.36. The molecule has 1 heterocycles. The van der Waals surface area contributed by atoms with Crippen LogP contribution in [0.15, 0.2) is 72.8 Å². The Morgan fingerprint density at radius 1 is 0.848 bits per heavy atom. The number of fused-ring (bicyclic) bond motifs is 1. The molecule has 0 aliphatic carbocycles. The second-order valence-electron chi connectivity index (χ2n) is 7.56. The van der Waals surface area contributed by atoms with Crippen LogP contribution in [-0.2, 0) is 4.74 Å². The van der Waals surface area contributed by atoms with Crippen LogP contribution in [0.3, 0.4) is 0 Å². The summed E-state index contributed by atoms with van der Waals surface area (Å²) < 4.78 is 5.18. The van der Waals surface area contributed by atoms with Crippen LogP contribution in [0.2, 0.25) is 0 Å². The fourth-order valence-corrected chi connectivity index (χ4v) is 3.50. The van der Waals surface area contributed by atoms with Gasteiger partial charge in [0.25, 0.3) is 17.7 Å². The summed E-state index contributed by atoms with van der Waals surface area (Å²) in [7, 11) is 0. The molecule has 0 radical (unpaired) electrons. The van der Waals surface area contributed by atoms with Gasteiger partial charge in [0.2, 0.25) is 0 Å². The van der Waals surface area contributed by atoms with Crippen LogP contribution in [-0.4, -0.2) is 30.3 Å². The summed E-state index contributed by atoms with van der Waals surface area (Å²) in [5.41, 5.74) is 2.18. The van der Waals surface area contributed by atoms with Gasteiger partial charge < -0.3 is 10.1 Å². The molecule has 0 fully saturated rings. The Morgan fingerprint density at radius 2 is 1.52 bits per heavy atom. The van der Waals surface area contributed by atoms with E-state index in [1.807, 2.05) is 6.92 Å². The monoisotopic (exact) mass is 442 g/mol. The summed E-state index contributed by atoms with van der Waals surface area (Å²) in [5.74, 6) is -1.66. The highest BCUT2D eigenvalue weighted by atomic mass is 16.5. The number of esters is 1. The number of nitrogens with zero attached hydrogens (tertiary/aromatic N) is 1. The molecule has 7 nitrogen and oxygen atoms in total. The van der Waals surface area contributed by atoms with Crippen LogP contribution in [0.25, 0.3) is 0 Å². The smallest absolute Gasteiger partial charge is 0.338 e. The van der Waals surface area contributed by atoms with Gasteiger partial charge in [0.15, 0.2) is 0 Å². The first-order valence-electron chi connectivity index (χ1n) is 10.7. The summed E-state index contributed by atoms with van der Waals surface area (Å²) in [4.78, 5) is 51.3. The van der Waals surface area contributed by atoms with Gasteiger partial charge >= 0.3 is 5.97 Å². The predicted octanol–water partition coefficient (Wildman–Crippen LogP) is 4.70. The highest BCUT2D eigenvalue weighted by molar-refractivity contribution is 6.34. The van der Waals surface area contributed by atoms with Gasteiger partial charge in [0.05, 0.1) is 29.0 Å². The number of hydrogen-bond acceptors (Lipinski definition) is 5. The molecule has 0 saturated heterocycles. The van der Waals surface area contributed by atoms with E-state index in [1.165, 1.54) is 6.07 Å². The van der Waals surface area contributed by atoms with E-state index in [0.29, 0.717) is 34.7 Å². The molecular weight excluding hydrogens is 420 g/mol. The van der Waals surface area contributed by atoms with Crippen LogP contribution < -0.4 is 10.2 Å². The number of unbranched alkanes of at least 4 members (excludes halogenated alkanes) is 1. The summed E-state index contributed by atoms with van der Waals surface area (Å²) in [6.45, 7) is 2.39. The predicted molar refractivity (Wildman–Crippen MR) is 124 cm³/mol. The zero-order valence-corrected chi connectivity index (χ0v) is 18.0. The third kappa shape index (κ3) is 4.52. The lowest BCUT2D eigenvalue weighted by atomic mass is 10.1. The average Bonchev–Trinajstić information content (AvgIpc) is 3.10. The maximum absolute atomic E-state index is 12.8. The van der Waals surface area contributed by atoms with E-state index in [9.17, 15) is 19.2 Å². The van der Waals surface area contributed by atoms with Crippen molar-refractivity contribution in [3.05, 3.63) is 95.1 Å². The summed E-state index contributed by atoms with van der Waals surface area (Å²) in [6, 6.07) is 19.3. The fraction of sp³-hybridized carbons (Fsp3) is 0.154. The van der Waals surface area contributed by atoms with Gasteiger partial charge in [0, 0.05) is 11.3 Å². The maximum atomic E-state index is 12.8. The van der Waals surface area contributed by atoms with E-state index in [0.717, 1.165) is 17.7 Å². The number of carbonyl (C=O) groups is 4. The van der Waals surface area contributed by atoms with Gasteiger partial charge in [-0.3, -0.25) is 14.4 Å². The third-order valence-corrected chi connectivity index (χ3v) is 5.27. The number of rotatable bonds is 7. The first kappa shape index (κ1) is 22.0. The van der Waals surface area contributed by atoms with Crippen LogP contribution in [0, 0.1) is 0 Å². The molecule has 1 aliphatic rings. The van der Waals surface area contributed by atoms with Gasteiger partial charge in [-0.1, -0.05) is 31.5 Å². The number of nitrogens with one attached hydrogen (secondary N) is 1. The molecule has 0 bridgehead atoms. The van der Waals surface area contributed by atoms with Crippen LogP contribution in [0.1, 0.15) is 61.2 Å². The highest BCUT2D eigenvalue weighted by Crippen LogP contribution is 2.29. The zero-order chi connectivity index (χ0) is 23.4. The minimum absolute atomic E-state index is 0.284. The summed E-state index contributed by atoms with van der Waals surface area (Å²) >= 11 is 0. The summed E-state index contributed by atoms with van der Waals surface area (Å²) in [6.07, 6.45) is 1.74. The van der Waals surface area contributed by atoms with Crippen molar-refractivity contribution in [3.8, 4) is 0 Å². The Balaban J connectivity index is 1.46. The molecule has 3 aromatic carbocycles. The van der Waals surface area contributed by atoms with Crippen LogP contribution >= 0.6 is 0 Å². The quantitative estimate of drug-likeness (QED) is 0.325. The van der Waals surface area contributed by atoms with Crippen molar-refractivity contribution in [1.82, 2.24) is 0 Å². The topological polar surface area (TPSA) is 92.8 Å². The van der Waals surface area contributed by atoms with Crippen molar-refractivity contribution in [2.45, 2.75) is 19.8 Å². The Labute approximate surface area is 191 Å². The van der Waals surface area contributed by atoms with Crippen molar-refractivity contribution in [2.75, 3.05) is 16.8 Å². The molecule has 4 rings (SSSR count). The van der Waals surface area contributed by atoms with Crippen molar-refractivity contribution in [3.63, 3.8) is 0 Å². The van der Waals surface area contributed by atoms with Crippen LogP contribution in [0.5, 0.6) is 0 Å². The number of benzene rings is 3. The summed E-state index contributed by atoms with van der Waals surface area (Å²) in [5, 5.41) is 2.75. The number of carbonyl (C=O) groups excluding carboxylic acids is 4. The molecule has 3 aromatic rings. The van der Waals surface area contributed by atoms with E-state index in [-0.39, 0.29) is 5.56 Å². The van der Waals surface area contributed by atoms with Crippen molar-refractivity contribution < 1.29 is 23.9 Å². The van der Waals surface area contributed by atoms with E-state index in [4.69, 9.17) is 4.74 Å². The molecule has 1 aliphatic heterocycles. The van der Waals surface area contributed by atoms with E-state index < -0.39 is 23.7 Å². The van der Waals surface area contributed by atoms with Gasteiger partial charge in [-0.15, -0.1) is 0 Å². The van der Waals surface area contributed by atoms with E-state index >= 15 is 0 Å². The molecule has 3 amide bonds. The molecular formula is C26H22N2O5. The number of hydrogen-bond donors (Lipinski definition) is 1. The maximum Gasteiger partial charge on any atom is 0.338 e. The lowest BCUT2D eigenvalue weighted by molar-refractivity contribution is 0.0499. The molecule has 0 aromatic heterocycles. The van der Waals surface area contributed by atoms with Gasteiger partial charge in [-0.25, -0.2) is 9.69 Å². The standard InChI is InChI=1S/C26H22N2O5/c1-2-3-15-33-26(32)17-11-13-19(14-12-17)27-23(29)18-7-6-8-20(16-18)28-24(30)21-9-4-5-10-22(21)25(28)31/h4-14,16H,2-3,15H2,1H3,(H,27,29). The number of amides is 3.